The minimum Gasteiger partial charge on any atom is -0.278 e. The van der Waals surface area contributed by atoms with Crippen molar-refractivity contribution in [2.24, 2.45) is 4.99 Å². The van der Waals surface area contributed by atoms with Crippen LogP contribution in [0.25, 0.3) is 0 Å². The van der Waals surface area contributed by atoms with E-state index in [1.54, 1.807) is 11.8 Å². The molecule has 2 heterocycles. The van der Waals surface area contributed by atoms with Crippen molar-refractivity contribution in [3.8, 4) is 0 Å². The predicted octanol–water partition coefficient (Wildman–Crippen LogP) is 3.53. The molecule has 0 spiro atoms. The largest absolute Gasteiger partial charge is 0.278 e. The molecule has 0 radical (unpaired) electrons. The summed E-state index contributed by atoms with van der Waals surface area (Å²) in [5.41, 5.74) is 1.42. The molecule has 0 bridgehead atoms. The van der Waals surface area contributed by atoms with Crippen molar-refractivity contribution in [2.75, 3.05) is 19.1 Å². The third-order valence-corrected chi connectivity index (χ3v) is 4.96. The van der Waals surface area contributed by atoms with Crippen LogP contribution in [0.15, 0.2) is 15.3 Å². The molecule has 0 saturated heterocycles. The number of thioether (sulfide) groups is 2. The van der Waals surface area contributed by atoms with Gasteiger partial charge in [0.05, 0.1) is 5.04 Å². The van der Waals surface area contributed by atoms with E-state index in [4.69, 9.17) is 0 Å². The lowest BCUT2D eigenvalue weighted by Gasteiger charge is -2.03. The summed E-state index contributed by atoms with van der Waals surface area (Å²) in [6.45, 7) is 0.991. The van der Waals surface area contributed by atoms with Crippen molar-refractivity contribution < 1.29 is 0 Å². The van der Waals surface area contributed by atoms with Gasteiger partial charge in [0.15, 0.2) is 0 Å². The molecule has 0 atom stereocenters. The molecule has 2 rings (SSSR count). The Bertz CT molecular complexity index is 354. The average Bonchev–Trinajstić information content (AvgIpc) is 2.51. The van der Waals surface area contributed by atoms with Crippen LogP contribution in [0.5, 0.6) is 0 Å². The van der Waals surface area contributed by atoms with Gasteiger partial charge in [-0.15, -0.1) is 34.9 Å². The van der Waals surface area contributed by atoms with E-state index in [9.17, 15) is 0 Å². The molecule has 0 amide bonds. The van der Waals surface area contributed by atoms with Crippen LogP contribution >= 0.6 is 34.9 Å². The predicted molar refractivity (Wildman–Crippen MR) is 69.3 cm³/mol. The van der Waals surface area contributed by atoms with E-state index in [0.717, 1.165) is 6.54 Å². The van der Waals surface area contributed by atoms with Crippen LogP contribution in [-0.2, 0) is 6.42 Å². The van der Waals surface area contributed by atoms with Gasteiger partial charge >= 0.3 is 0 Å². The summed E-state index contributed by atoms with van der Waals surface area (Å²) >= 11 is 5.51. The first-order chi connectivity index (χ1) is 6.86. The Morgan fingerprint density at radius 3 is 2.93 bits per heavy atom. The number of rotatable bonds is 1. The monoisotopic (exact) mass is 243 g/mol. The molecule has 4 heteroatoms. The minimum absolute atomic E-state index is 0.991. The highest BCUT2D eigenvalue weighted by molar-refractivity contribution is 8.14. The van der Waals surface area contributed by atoms with E-state index < -0.39 is 0 Å². The number of fused-ring (bicyclic) bond motifs is 1. The zero-order chi connectivity index (χ0) is 9.97. The second-order valence-electron chi connectivity index (χ2n) is 3.10. The molecule has 0 unspecified atom stereocenters. The van der Waals surface area contributed by atoms with Crippen LogP contribution in [0.1, 0.15) is 16.9 Å². The molecule has 0 saturated carbocycles. The van der Waals surface area contributed by atoms with Gasteiger partial charge in [0.1, 0.15) is 0 Å². The number of hydrogen-bond donors (Lipinski definition) is 0. The first-order valence-corrected chi connectivity index (χ1v) is 7.93. The van der Waals surface area contributed by atoms with E-state index in [1.807, 2.05) is 23.1 Å². The lowest BCUT2D eigenvalue weighted by Crippen LogP contribution is -1.96. The molecule has 1 aliphatic rings. The molecule has 0 aliphatic carbocycles. The Balaban J connectivity index is 2.49. The van der Waals surface area contributed by atoms with Crippen LogP contribution in [-0.4, -0.2) is 24.1 Å². The molecule has 1 aliphatic heterocycles. The highest BCUT2D eigenvalue weighted by Crippen LogP contribution is 2.34. The van der Waals surface area contributed by atoms with Crippen molar-refractivity contribution in [1.29, 1.82) is 0 Å². The van der Waals surface area contributed by atoms with Gasteiger partial charge in [0.2, 0.25) is 0 Å². The van der Waals surface area contributed by atoms with E-state index in [-0.39, 0.29) is 0 Å². The van der Waals surface area contributed by atoms with E-state index in [0.29, 0.717) is 0 Å². The van der Waals surface area contributed by atoms with Crippen molar-refractivity contribution >= 4 is 39.9 Å². The molecule has 1 nitrogen and oxygen atoms in total. The lowest BCUT2D eigenvalue weighted by atomic mass is 10.2. The van der Waals surface area contributed by atoms with Crippen molar-refractivity contribution in [2.45, 2.75) is 17.7 Å². The summed E-state index contributed by atoms with van der Waals surface area (Å²) < 4.78 is 0. The third kappa shape index (κ3) is 1.88. The van der Waals surface area contributed by atoms with Gasteiger partial charge in [-0.05, 0) is 25.4 Å². The molecule has 14 heavy (non-hydrogen) atoms. The van der Waals surface area contributed by atoms with Crippen LogP contribution in [0.3, 0.4) is 0 Å². The quantitative estimate of drug-likeness (QED) is 0.700. The van der Waals surface area contributed by atoms with Gasteiger partial charge in [0.25, 0.3) is 0 Å². The Hall–Kier alpha value is 0.0700. The van der Waals surface area contributed by atoms with Crippen molar-refractivity contribution in [1.82, 2.24) is 0 Å². The second-order valence-corrected chi connectivity index (χ2v) is 5.70. The topological polar surface area (TPSA) is 12.4 Å². The SMILES string of the molecule is CSC1=NCCCc2scc(SC)c21. The number of thiophene rings is 1. The van der Waals surface area contributed by atoms with Crippen molar-refractivity contribution in [3.63, 3.8) is 0 Å². The highest BCUT2D eigenvalue weighted by Gasteiger charge is 2.17. The summed E-state index contributed by atoms with van der Waals surface area (Å²) in [6, 6.07) is 0. The Morgan fingerprint density at radius 1 is 1.36 bits per heavy atom. The maximum absolute atomic E-state index is 4.64. The maximum Gasteiger partial charge on any atom is 0.0996 e. The number of nitrogens with zero attached hydrogens (tertiary/aromatic N) is 1. The number of hydrogen-bond acceptors (Lipinski definition) is 4. The minimum atomic E-state index is 0.991. The standard InChI is InChI=1S/C10H13NS3/c1-12-8-6-14-7-4-3-5-11-10(13-2)9(7)8/h6H,3-5H2,1-2H3. The summed E-state index contributed by atoms with van der Waals surface area (Å²) in [4.78, 5) is 7.57. The average molecular weight is 243 g/mol. The summed E-state index contributed by atoms with van der Waals surface area (Å²) in [7, 11) is 0. The molecule has 0 fully saturated rings. The molecule has 1 aromatic heterocycles. The highest BCUT2D eigenvalue weighted by atomic mass is 32.2. The van der Waals surface area contributed by atoms with E-state index in [1.165, 1.54) is 33.2 Å². The molecule has 1 aromatic rings. The molecule has 0 aromatic carbocycles. The molecule has 0 N–H and O–H groups in total. The van der Waals surface area contributed by atoms with Crippen LogP contribution in [0.2, 0.25) is 0 Å². The normalized spacial score (nSPS) is 16.0. The molecular weight excluding hydrogens is 230 g/mol. The first kappa shape index (κ1) is 10.6. The third-order valence-electron chi connectivity index (χ3n) is 2.28. The zero-order valence-electron chi connectivity index (χ0n) is 8.37. The van der Waals surface area contributed by atoms with Gasteiger partial charge in [0, 0.05) is 27.3 Å². The van der Waals surface area contributed by atoms with Crippen molar-refractivity contribution in [3.05, 3.63) is 15.8 Å². The van der Waals surface area contributed by atoms with Gasteiger partial charge < -0.3 is 0 Å². The zero-order valence-corrected chi connectivity index (χ0v) is 10.8. The fourth-order valence-electron chi connectivity index (χ4n) is 1.60. The van der Waals surface area contributed by atoms with Gasteiger partial charge in [-0.3, -0.25) is 4.99 Å². The van der Waals surface area contributed by atoms with E-state index >= 15 is 0 Å². The fraction of sp³-hybridized carbons (Fsp3) is 0.500. The van der Waals surface area contributed by atoms with Gasteiger partial charge in [-0.25, -0.2) is 0 Å². The summed E-state index contributed by atoms with van der Waals surface area (Å²) in [5, 5.41) is 3.51. The Labute approximate surface area is 97.4 Å². The summed E-state index contributed by atoms with van der Waals surface area (Å²) in [5.74, 6) is 0. The Kier molecular flexibility index (Phi) is 3.57. The van der Waals surface area contributed by atoms with Crippen LogP contribution < -0.4 is 0 Å². The number of aryl methyl sites for hydroxylation is 1. The smallest absolute Gasteiger partial charge is 0.0996 e. The molecule has 76 valence electrons. The van der Waals surface area contributed by atoms with E-state index in [2.05, 4.69) is 22.9 Å². The molecular formula is C10H13NS3. The Morgan fingerprint density at radius 2 is 2.21 bits per heavy atom. The number of aliphatic imine (C=N–C) groups is 1. The van der Waals surface area contributed by atoms with Crippen LogP contribution in [0.4, 0.5) is 0 Å². The fourth-order valence-corrected chi connectivity index (χ4v) is 4.36. The lowest BCUT2D eigenvalue weighted by molar-refractivity contribution is 0.855. The summed E-state index contributed by atoms with van der Waals surface area (Å²) in [6.07, 6.45) is 6.67. The first-order valence-electron chi connectivity index (χ1n) is 4.60. The maximum atomic E-state index is 4.64. The van der Waals surface area contributed by atoms with Gasteiger partial charge in [-0.1, -0.05) is 0 Å². The van der Waals surface area contributed by atoms with Crippen LogP contribution in [0, 0.1) is 0 Å². The van der Waals surface area contributed by atoms with Gasteiger partial charge in [-0.2, -0.15) is 0 Å². The second kappa shape index (κ2) is 4.73.